The van der Waals surface area contributed by atoms with Crippen LogP contribution >= 0.6 is 0 Å². The van der Waals surface area contributed by atoms with Gasteiger partial charge in [0.05, 0.1) is 20.1 Å². The predicted octanol–water partition coefficient (Wildman–Crippen LogP) is 4.59. The maximum Gasteiger partial charge on any atom is 0.306 e. The standard InChI is InChI=1S/C25H33NO5/c1-18(25(28)29)10-8-14-26(15-9-13-20-11-6-5-7-12-20)24(27)21-16-22(30-3)19(2)23(17-21)31-4/h5-7,11-12,16-18H,8-10,13-15H2,1-4H3,(H,28,29). The van der Waals surface area contributed by atoms with E-state index in [-0.39, 0.29) is 5.91 Å². The number of carboxylic acid groups (broad SMARTS) is 1. The number of methoxy groups -OCH3 is 2. The van der Waals surface area contributed by atoms with Crippen LogP contribution in [0.2, 0.25) is 0 Å². The van der Waals surface area contributed by atoms with Crippen LogP contribution in [0.5, 0.6) is 11.5 Å². The molecule has 0 aromatic heterocycles. The maximum absolute atomic E-state index is 13.3. The monoisotopic (exact) mass is 427 g/mol. The third-order valence-electron chi connectivity index (χ3n) is 5.51. The zero-order valence-electron chi connectivity index (χ0n) is 18.9. The summed E-state index contributed by atoms with van der Waals surface area (Å²) in [6.45, 7) is 4.67. The summed E-state index contributed by atoms with van der Waals surface area (Å²) in [5, 5.41) is 9.13. The predicted molar refractivity (Wildman–Crippen MR) is 121 cm³/mol. The Hall–Kier alpha value is -3.02. The maximum atomic E-state index is 13.3. The molecule has 0 spiro atoms. The van der Waals surface area contributed by atoms with Crippen LogP contribution in [0.3, 0.4) is 0 Å². The molecule has 0 saturated carbocycles. The summed E-state index contributed by atoms with van der Waals surface area (Å²) in [6, 6.07) is 13.6. The van der Waals surface area contributed by atoms with Crippen molar-refractivity contribution in [3.05, 3.63) is 59.2 Å². The van der Waals surface area contributed by atoms with E-state index in [9.17, 15) is 9.59 Å². The molecule has 0 bridgehead atoms. The van der Waals surface area contributed by atoms with Gasteiger partial charge in [-0.1, -0.05) is 37.3 Å². The number of aryl methyl sites for hydroxylation is 1. The number of hydrogen-bond donors (Lipinski definition) is 1. The minimum Gasteiger partial charge on any atom is -0.496 e. The van der Waals surface area contributed by atoms with E-state index in [4.69, 9.17) is 14.6 Å². The molecule has 2 rings (SSSR count). The summed E-state index contributed by atoms with van der Waals surface area (Å²) in [4.78, 5) is 26.3. The van der Waals surface area contributed by atoms with Crippen molar-refractivity contribution in [2.24, 2.45) is 5.92 Å². The topological polar surface area (TPSA) is 76.1 Å². The van der Waals surface area contributed by atoms with Crippen molar-refractivity contribution in [3.63, 3.8) is 0 Å². The quantitative estimate of drug-likeness (QED) is 0.536. The van der Waals surface area contributed by atoms with Gasteiger partial charge in [0.15, 0.2) is 0 Å². The molecule has 2 aromatic carbocycles. The second kappa shape index (κ2) is 12.0. The van der Waals surface area contributed by atoms with Gasteiger partial charge < -0.3 is 19.5 Å². The molecule has 0 fully saturated rings. The average molecular weight is 428 g/mol. The van der Waals surface area contributed by atoms with E-state index in [1.54, 1.807) is 38.2 Å². The van der Waals surface area contributed by atoms with Crippen LogP contribution in [0.15, 0.2) is 42.5 Å². The molecule has 168 valence electrons. The molecular weight excluding hydrogens is 394 g/mol. The number of carbonyl (C=O) groups is 2. The smallest absolute Gasteiger partial charge is 0.306 e. The molecule has 6 nitrogen and oxygen atoms in total. The highest BCUT2D eigenvalue weighted by Crippen LogP contribution is 2.30. The molecule has 0 aliphatic carbocycles. The first kappa shape index (κ1) is 24.3. The third-order valence-corrected chi connectivity index (χ3v) is 5.51. The van der Waals surface area contributed by atoms with Crippen LogP contribution in [-0.2, 0) is 11.2 Å². The van der Waals surface area contributed by atoms with Gasteiger partial charge in [0, 0.05) is 24.2 Å². The number of rotatable bonds is 12. The summed E-state index contributed by atoms with van der Waals surface area (Å²) >= 11 is 0. The number of hydrogen-bond acceptors (Lipinski definition) is 4. The molecule has 0 heterocycles. The Labute approximate surface area is 184 Å². The highest BCUT2D eigenvalue weighted by Gasteiger charge is 2.20. The van der Waals surface area contributed by atoms with Gasteiger partial charge in [-0.25, -0.2) is 0 Å². The molecule has 1 N–H and O–H groups in total. The Kier molecular flexibility index (Phi) is 9.38. The average Bonchev–Trinajstić information content (AvgIpc) is 2.78. The van der Waals surface area contributed by atoms with Crippen LogP contribution in [0.1, 0.15) is 47.7 Å². The fraction of sp³-hybridized carbons (Fsp3) is 0.440. The molecule has 0 aliphatic heterocycles. The third kappa shape index (κ3) is 7.02. The van der Waals surface area contributed by atoms with E-state index in [0.29, 0.717) is 43.0 Å². The zero-order chi connectivity index (χ0) is 22.8. The van der Waals surface area contributed by atoms with Gasteiger partial charge >= 0.3 is 5.97 Å². The molecule has 1 amide bonds. The number of ether oxygens (including phenoxy) is 2. The SMILES string of the molecule is COc1cc(C(=O)N(CCCc2ccccc2)CCCC(C)C(=O)O)cc(OC)c1C. The summed E-state index contributed by atoms with van der Waals surface area (Å²) in [5.41, 5.74) is 2.57. The van der Waals surface area contributed by atoms with Crippen molar-refractivity contribution >= 4 is 11.9 Å². The van der Waals surface area contributed by atoms with Crippen LogP contribution in [0, 0.1) is 12.8 Å². The first-order valence-corrected chi connectivity index (χ1v) is 10.7. The second-order valence-corrected chi connectivity index (χ2v) is 7.77. The lowest BCUT2D eigenvalue weighted by molar-refractivity contribution is -0.141. The lowest BCUT2D eigenvalue weighted by Gasteiger charge is -2.24. The van der Waals surface area contributed by atoms with Gasteiger partial charge in [-0.3, -0.25) is 9.59 Å². The van der Waals surface area contributed by atoms with Crippen LogP contribution < -0.4 is 9.47 Å². The van der Waals surface area contributed by atoms with Crippen molar-refractivity contribution in [2.75, 3.05) is 27.3 Å². The molecule has 1 unspecified atom stereocenters. The van der Waals surface area contributed by atoms with E-state index in [1.165, 1.54) is 5.56 Å². The number of aliphatic carboxylic acids is 1. The second-order valence-electron chi connectivity index (χ2n) is 7.77. The molecule has 1 atom stereocenters. The normalized spacial score (nSPS) is 11.6. The number of carboxylic acids is 1. The molecule has 0 radical (unpaired) electrons. The molecule has 0 saturated heterocycles. The molecule has 2 aromatic rings. The van der Waals surface area contributed by atoms with Gasteiger partial charge in [-0.2, -0.15) is 0 Å². The van der Waals surface area contributed by atoms with Crippen molar-refractivity contribution in [1.82, 2.24) is 4.90 Å². The lowest BCUT2D eigenvalue weighted by Crippen LogP contribution is -2.33. The van der Waals surface area contributed by atoms with Crippen molar-refractivity contribution in [2.45, 2.75) is 39.5 Å². The Bertz CT molecular complexity index is 840. The van der Waals surface area contributed by atoms with Gasteiger partial charge in [0.2, 0.25) is 0 Å². The lowest BCUT2D eigenvalue weighted by atomic mass is 10.0. The van der Waals surface area contributed by atoms with Crippen LogP contribution in [-0.4, -0.2) is 49.2 Å². The number of amides is 1. The number of nitrogens with zero attached hydrogens (tertiary/aromatic N) is 1. The fourth-order valence-electron chi connectivity index (χ4n) is 3.54. The summed E-state index contributed by atoms with van der Waals surface area (Å²) in [7, 11) is 3.14. The van der Waals surface area contributed by atoms with Crippen molar-refractivity contribution < 1.29 is 24.2 Å². The van der Waals surface area contributed by atoms with E-state index in [1.807, 2.05) is 25.1 Å². The molecular formula is C25H33NO5. The largest absolute Gasteiger partial charge is 0.496 e. The van der Waals surface area contributed by atoms with E-state index < -0.39 is 11.9 Å². The first-order valence-electron chi connectivity index (χ1n) is 10.7. The minimum absolute atomic E-state index is 0.104. The number of carbonyl (C=O) groups excluding carboxylic acids is 1. The summed E-state index contributed by atoms with van der Waals surface area (Å²) in [5.74, 6) is -0.138. The van der Waals surface area contributed by atoms with Gasteiger partial charge in [0.25, 0.3) is 5.91 Å². The Balaban J connectivity index is 2.15. The fourth-order valence-corrected chi connectivity index (χ4v) is 3.54. The molecule has 31 heavy (non-hydrogen) atoms. The Morgan fingerprint density at radius 2 is 1.58 bits per heavy atom. The van der Waals surface area contributed by atoms with Crippen LogP contribution in [0.25, 0.3) is 0 Å². The Morgan fingerprint density at radius 1 is 1.00 bits per heavy atom. The van der Waals surface area contributed by atoms with Gasteiger partial charge in [-0.05, 0) is 50.3 Å². The Morgan fingerprint density at radius 3 is 2.13 bits per heavy atom. The van der Waals surface area contributed by atoms with Crippen molar-refractivity contribution in [3.8, 4) is 11.5 Å². The van der Waals surface area contributed by atoms with Gasteiger partial charge in [0.1, 0.15) is 11.5 Å². The molecule has 6 heteroatoms. The highest BCUT2D eigenvalue weighted by atomic mass is 16.5. The highest BCUT2D eigenvalue weighted by molar-refractivity contribution is 5.95. The van der Waals surface area contributed by atoms with E-state index in [2.05, 4.69) is 12.1 Å². The summed E-state index contributed by atoms with van der Waals surface area (Å²) in [6.07, 6.45) is 2.85. The van der Waals surface area contributed by atoms with Crippen molar-refractivity contribution in [1.29, 1.82) is 0 Å². The van der Waals surface area contributed by atoms with E-state index >= 15 is 0 Å². The number of benzene rings is 2. The summed E-state index contributed by atoms with van der Waals surface area (Å²) < 4.78 is 10.8. The van der Waals surface area contributed by atoms with Crippen LogP contribution in [0.4, 0.5) is 0 Å². The zero-order valence-corrected chi connectivity index (χ0v) is 18.9. The first-order chi connectivity index (χ1) is 14.9. The molecule has 0 aliphatic rings. The minimum atomic E-state index is -0.810. The van der Waals surface area contributed by atoms with E-state index in [0.717, 1.165) is 18.4 Å². The van der Waals surface area contributed by atoms with Gasteiger partial charge in [-0.15, -0.1) is 0 Å².